The molecule has 1 N–H and O–H groups in total. The van der Waals surface area contributed by atoms with Gasteiger partial charge in [-0.15, -0.1) is 10.2 Å². The van der Waals surface area contributed by atoms with Gasteiger partial charge in [0.15, 0.2) is 0 Å². The van der Waals surface area contributed by atoms with E-state index in [1.54, 1.807) is 6.07 Å². The van der Waals surface area contributed by atoms with Gasteiger partial charge in [0, 0.05) is 16.6 Å². The molecule has 84 valence electrons. The number of rotatable bonds is 3. The molecule has 6 heteroatoms. The Morgan fingerprint density at radius 2 is 2.25 bits per heavy atom. The van der Waals surface area contributed by atoms with Gasteiger partial charge in [-0.1, -0.05) is 11.3 Å². The van der Waals surface area contributed by atoms with E-state index in [2.05, 4.69) is 31.4 Å². The van der Waals surface area contributed by atoms with Gasteiger partial charge in [-0.3, -0.25) is 0 Å². The van der Waals surface area contributed by atoms with Crippen LogP contribution in [-0.4, -0.2) is 17.2 Å². The lowest BCUT2D eigenvalue weighted by atomic mass is 10.2. The maximum absolute atomic E-state index is 12.9. The van der Waals surface area contributed by atoms with Gasteiger partial charge in [0.1, 0.15) is 15.8 Å². The second-order valence-electron chi connectivity index (χ2n) is 3.16. The summed E-state index contributed by atoms with van der Waals surface area (Å²) < 4.78 is 13.6. The van der Waals surface area contributed by atoms with Gasteiger partial charge in [-0.05, 0) is 41.2 Å². The quantitative estimate of drug-likeness (QED) is 0.947. The maximum atomic E-state index is 12.9. The first-order valence-corrected chi connectivity index (χ1v) is 6.24. The minimum absolute atomic E-state index is 0.268. The van der Waals surface area contributed by atoms with Crippen LogP contribution in [-0.2, 0) is 6.54 Å². The summed E-state index contributed by atoms with van der Waals surface area (Å²) >= 11 is 4.81. The van der Waals surface area contributed by atoms with Gasteiger partial charge >= 0.3 is 0 Å². The average molecular weight is 302 g/mol. The number of benzene rings is 1. The Hall–Kier alpha value is -0.850. The van der Waals surface area contributed by atoms with Crippen LogP contribution in [0, 0.1) is 5.82 Å². The van der Waals surface area contributed by atoms with Crippen molar-refractivity contribution in [2.24, 2.45) is 0 Å². The Bertz CT molecular complexity index is 501. The number of nitrogens with one attached hydrogen (secondary N) is 1. The molecule has 2 rings (SSSR count). The van der Waals surface area contributed by atoms with Crippen molar-refractivity contribution in [2.45, 2.75) is 6.54 Å². The van der Waals surface area contributed by atoms with Crippen LogP contribution in [0.25, 0.3) is 10.6 Å². The third-order valence-corrected chi connectivity index (χ3v) is 3.57. The number of hydrogen-bond acceptors (Lipinski definition) is 4. The molecule has 0 unspecified atom stereocenters. The van der Waals surface area contributed by atoms with E-state index in [9.17, 15) is 4.39 Å². The highest BCUT2D eigenvalue weighted by Gasteiger charge is 2.09. The molecular formula is C10H9BrFN3S. The first-order chi connectivity index (χ1) is 7.70. The lowest BCUT2D eigenvalue weighted by molar-refractivity contribution is 0.627. The molecule has 16 heavy (non-hydrogen) atoms. The summed E-state index contributed by atoms with van der Waals surface area (Å²) in [6.45, 7) is 0.691. The molecule has 0 aliphatic rings. The molecule has 2 aromatic rings. The summed E-state index contributed by atoms with van der Waals surface area (Å²) in [4.78, 5) is 0. The van der Waals surface area contributed by atoms with E-state index < -0.39 is 0 Å². The second kappa shape index (κ2) is 4.99. The second-order valence-corrected chi connectivity index (χ2v) is 5.07. The highest BCUT2D eigenvalue weighted by Crippen LogP contribution is 2.30. The standard InChI is InChI=1S/C10H9BrFN3S/c1-13-5-9-14-15-10(16-9)7-3-2-6(12)4-8(7)11/h2-4,13H,5H2,1H3. The van der Waals surface area contributed by atoms with Gasteiger partial charge in [0.05, 0.1) is 0 Å². The molecule has 0 fully saturated rings. The molecule has 0 saturated carbocycles. The number of nitrogens with zero attached hydrogens (tertiary/aromatic N) is 2. The van der Waals surface area contributed by atoms with Gasteiger partial charge in [-0.2, -0.15) is 0 Å². The summed E-state index contributed by atoms with van der Waals surface area (Å²) in [5.74, 6) is -0.268. The van der Waals surface area contributed by atoms with Crippen LogP contribution in [0.2, 0.25) is 0 Å². The lowest BCUT2D eigenvalue weighted by Crippen LogP contribution is -2.04. The highest BCUT2D eigenvalue weighted by atomic mass is 79.9. The van der Waals surface area contributed by atoms with Crippen LogP contribution < -0.4 is 5.32 Å². The summed E-state index contributed by atoms with van der Waals surface area (Å²) in [6, 6.07) is 4.54. The van der Waals surface area contributed by atoms with E-state index in [0.29, 0.717) is 11.0 Å². The summed E-state index contributed by atoms with van der Waals surface area (Å²) in [5, 5.41) is 12.8. The fourth-order valence-electron chi connectivity index (χ4n) is 1.25. The van der Waals surface area contributed by atoms with Crippen LogP contribution in [0.5, 0.6) is 0 Å². The molecule has 0 radical (unpaired) electrons. The van der Waals surface area contributed by atoms with Crippen molar-refractivity contribution in [1.82, 2.24) is 15.5 Å². The monoisotopic (exact) mass is 301 g/mol. The molecule has 0 aliphatic heterocycles. The molecular weight excluding hydrogens is 293 g/mol. The van der Waals surface area contributed by atoms with Gasteiger partial charge in [0.25, 0.3) is 0 Å². The average Bonchev–Trinajstić information content (AvgIpc) is 2.67. The molecule has 0 bridgehead atoms. The number of hydrogen-bond donors (Lipinski definition) is 1. The molecule has 0 saturated heterocycles. The third-order valence-electron chi connectivity index (χ3n) is 1.96. The largest absolute Gasteiger partial charge is 0.313 e. The Morgan fingerprint density at radius 1 is 1.44 bits per heavy atom. The minimum atomic E-state index is -0.268. The zero-order chi connectivity index (χ0) is 11.5. The first kappa shape index (κ1) is 11.6. The molecule has 0 aliphatic carbocycles. The Morgan fingerprint density at radius 3 is 2.94 bits per heavy atom. The van der Waals surface area contributed by atoms with Crippen LogP contribution in [0.4, 0.5) is 4.39 Å². The highest BCUT2D eigenvalue weighted by molar-refractivity contribution is 9.10. The molecule has 1 aromatic heterocycles. The topological polar surface area (TPSA) is 37.8 Å². The van der Waals surface area contributed by atoms with Crippen molar-refractivity contribution in [3.05, 3.63) is 33.5 Å². The summed E-state index contributed by atoms with van der Waals surface area (Å²) in [5.41, 5.74) is 0.862. The zero-order valence-corrected chi connectivity index (χ0v) is 10.9. The predicted molar refractivity (Wildman–Crippen MR) is 65.8 cm³/mol. The van der Waals surface area contributed by atoms with E-state index in [-0.39, 0.29) is 5.82 Å². The fourth-order valence-corrected chi connectivity index (χ4v) is 2.81. The van der Waals surface area contributed by atoms with Gasteiger partial charge in [-0.25, -0.2) is 4.39 Å². The predicted octanol–water partition coefficient (Wildman–Crippen LogP) is 2.83. The summed E-state index contributed by atoms with van der Waals surface area (Å²) in [6.07, 6.45) is 0. The van der Waals surface area contributed by atoms with E-state index in [0.717, 1.165) is 15.6 Å². The zero-order valence-electron chi connectivity index (χ0n) is 8.50. The van der Waals surface area contributed by atoms with E-state index in [1.165, 1.54) is 23.5 Å². The van der Waals surface area contributed by atoms with E-state index >= 15 is 0 Å². The molecule has 1 heterocycles. The minimum Gasteiger partial charge on any atom is -0.313 e. The van der Waals surface area contributed by atoms with E-state index in [1.807, 2.05) is 7.05 Å². The van der Waals surface area contributed by atoms with Gasteiger partial charge < -0.3 is 5.32 Å². The molecule has 0 atom stereocenters. The van der Waals surface area contributed by atoms with Gasteiger partial charge in [0.2, 0.25) is 0 Å². The molecule has 1 aromatic carbocycles. The lowest BCUT2D eigenvalue weighted by Gasteiger charge is -1.98. The fraction of sp³-hybridized carbons (Fsp3) is 0.200. The third kappa shape index (κ3) is 2.45. The molecule has 3 nitrogen and oxygen atoms in total. The van der Waals surface area contributed by atoms with Crippen molar-refractivity contribution < 1.29 is 4.39 Å². The van der Waals surface area contributed by atoms with Crippen molar-refractivity contribution in [1.29, 1.82) is 0 Å². The Labute approximate surface area is 105 Å². The van der Waals surface area contributed by atoms with Crippen LogP contribution in [0.1, 0.15) is 5.01 Å². The number of aromatic nitrogens is 2. The molecule has 0 spiro atoms. The van der Waals surface area contributed by atoms with Crippen molar-refractivity contribution in [2.75, 3.05) is 7.05 Å². The normalized spacial score (nSPS) is 10.7. The van der Waals surface area contributed by atoms with Crippen molar-refractivity contribution >= 4 is 27.3 Å². The Balaban J connectivity index is 2.35. The Kier molecular flexibility index (Phi) is 3.63. The van der Waals surface area contributed by atoms with Crippen molar-refractivity contribution in [3.63, 3.8) is 0 Å². The number of halogens is 2. The van der Waals surface area contributed by atoms with E-state index in [4.69, 9.17) is 0 Å². The summed E-state index contributed by atoms with van der Waals surface area (Å²) in [7, 11) is 1.86. The van der Waals surface area contributed by atoms with Crippen LogP contribution in [0.3, 0.4) is 0 Å². The SMILES string of the molecule is CNCc1nnc(-c2ccc(F)cc2Br)s1. The van der Waals surface area contributed by atoms with Crippen LogP contribution >= 0.6 is 27.3 Å². The van der Waals surface area contributed by atoms with Crippen LogP contribution in [0.15, 0.2) is 22.7 Å². The molecule has 0 amide bonds. The smallest absolute Gasteiger partial charge is 0.148 e. The first-order valence-electron chi connectivity index (χ1n) is 4.63. The van der Waals surface area contributed by atoms with Crippen molar-refractivity contribution in [3.8, 4) is 10.6 Å². The maximum Gasteiger partial charge on any atom is 0.148 e.